The maximum atomic E-state index is 12.6. The van der Waals surface area contributed by atoms with Crippen molar-refractivity contribution in [2.45, 2.75) is 37.8 Å². The molecule has 0 aromatic heterocycles. The van der Waals surface area contributed by atoms with Crippen LogP contribution in [0.3, 0.4) is 0 Å². The average Bonchev–Trinajstić information content (AvgIpc) is 3.10. The number of piperidine rings is 1. The van der Waals surface area contributed by atoms with Gasteiger partial charge < -0.3 is 20.7 Å². The van der Waals surface area contributed by atoms with E-state index >= 15 is 0 Å². The summed E-state index contributed by atoms with van der Waals surface area (Å²) in [6, 6.07) is 6.96. The summed E-state index contributed by atoms with van der Waals surface area (Å²) in [5.74, 6) is -1.16. The summed E-state index contributed by atoms with van der Waals surface area (Å²) in [7, 11) is -2.20. The number of sulfonamides is 1. The van der Waals surface area contributed by atoms with E-state index in [9.17, 15) is 18.0 Å². The van der Waals surface area contributed by atoms with E-state index in [2.05, 4.69) is 15.0 Å². The highest BCUT2D eigenvalue weighted by Crippen LogP contribution is 2.27. The molecule has 10 nitrogen and oxygen atoms in total. The number of esters is 1. The number of nitrogens with one attached hydrogen (secondary N) is 2. The fourth-order valence-corrected chi connectivity index (χ4v) is 5.65. The number of nitrogens with two attached hydrogens (primary N) is 1. The monoisotopic (exact) mass is 501 g/mol. The Morgan fingerprint density at radius 1 is 1.27 bits per heavy atom. The summed E-state index contributed by atoms with van der Waals surface area (Å²) in [5, 5.41) is 10.3. The Hall–Kier alpha value is -2.37. The highest BCUT2D eigenvalue weighted by atomic mass is 35.5. The molecule has 2 atom stereocenters. The summed E-state index contributed by atoms with van der Waals surface area (Å²) in [6.07, 6.45) is 2.92. The van der Waals surface area contributed by atoms with Gasteiger partial charge in [-0.3, -0.25) is 15.0 Å². The third kappa shape index (κ3) is 6.81. The Morgan fingerprint density at radius 3 is 2.39 bits per heavy atom. The van der Waals surface area contributed by atoms with E-state index in [0.29, 0.717) is 37.9 Å². The van der Waals surface area contributed by atoms with Gasteiger partial charge >= 0.3 is 5.97 Å². The highest BCUT2D eigenvalue weighted by molar-refractivity contribution is 7.88. The lowest BCUT2D eigenvalue weighted by molar-refractivity contribution is -0.143. The van der Waals surface area contributed by atoms with Crippen molar-refractivity contribution in [2.75, 3.05) is 37.9 Å². The molecule has 4 N–H and O–H groups in total. The second-order valence-corrected chi connectivity index (χ2v) is 10.4. The minimum atomic E-state index is -3.48. The molecule has 3 rings (SSSR count). The lowest BCUT2D eigenvalue weighted by atomic mass is 10.00. The number of halogens is 1. The Kier molecular flexibility index (Phi) is 9.10. The van der Waals surface area contributed by atoms with Gasteiger partial charge in [0.15, 0.2) is 0 Å². The van der Waals surface area contributed by atoms with Crippen LogP contribution in [-0.2, 0) is 24.3 Å². The molecule has 0 bridgehead atoms. The third-order valence-corrected chi connectivity index (χ3v) is 7.47. The molecule has 12 heteroatoms. The summed E-state index contributed by atoms with van der Waals surface area (Å²) in [4.78, 5) is 25.9. The number of amidine groups is 1. The van der Waals surface area contributed by atoms with Crippen molar-refractivity contribution in [3.8, 4) is 0 Å². The first-order chi connectivity index (χ1) is 15.1. The van der Waals surface area contributed by atoms with E-state index in [0.717, 1.165) is 5.69 Å². The van der Waals surface area contributed by atoms with Crippen LogP contribution in [0.15, 0.2) is 24.3 Å². The van der Waals surface area contributed by atoms with E-state index in [-0.39, 0.29) is 49.2 Å². The molecule has 0 aliphatic carbocycles. The van der Waals surface area contributed by atoms with Crippen molar-refractivity contribution < 1.29 is 22.7 Å². The standard InChI is InChI=1S/C21H31N5O5S.ClH/c1-31-19(27)12-15-11-16(24-21(15)28)13-26(32(2,29)30)18-7-9-25(10-8-18)17-5-3-14(4-6-17)20(22)23;/h3-6,15-16,18H,7-13H2,1-2H3,(H3,22,23)(H,24,28);1H/t15-,16-;/m0./s1. The average molecular weight is 502 g/mol. The molecule has 184 valence electrons. The Labute approximate surface area is 200 Å². The molecule has 2 fully saturated rings. The Morgan fingerprint density at radius 2 is 1.88 bits per heavy atom. The van der Waals surface area contributed by atoms with Crippen molar-refractivity contribution in [3.63, 3.8) is 0 Å². The molecule has 2 saturated heterocycles. The first kappa shape index (κ1) is 26.9. The van der Waals surface area contributed by atoms with Gasteiger partial charge in [-0.1, -0.05) is 0 Å². The summed E-state index contributed by atoms with van der Waals surface area (Å²) in [5.41, 5.74) is 7.18. The van der Waals surface area contributed by atoms with Crippen LogP contribution in [0.25, 0.3) is 0 Å². The molecule has 33 heavy (non-hydrogen) atoms. The first-order valence-corrected chi connectivity index (χ1v) is 12.5. The number of carbonyl (C=O) groups excluding carboxylic acids is 2. The second-order valence-electron chi connectivity index (χ2n) is 8.43. The van der Waals surface area contributed by atoms with Gasteiger partial charge in [-0.05, 0) is 43.5 Å². The van der Waals surface area contributed by atoms with Crippen molar-refractivity contribution in [1.29, 1.82) is 5.41 Å². The minimum Gasteiger partial charge on any atom is -0.469 e. The summed E-state index contributed by atoms with van der Waals surface area (Å²) in [6.45, 7) is 1.58. The van der Waals surface area contributed by atoms with Gasteiger partial charge in [-0.15, -0.1) is 12.4 Å². The van der Waals surface area contributed by atoms with E-state index in [1.807, 2.05) is 12.1 Å². The molecular weight excluding hydrogens is 470 g/mol. The zero-order valence-electron chi connectivity index (χ0n) is 18.8. The predicted molar refractivity (Wildman–Crippen MR) is 128 cm³/mol. The molecular formula is C21H32ClN5O5S. The van der Waals surface area contributed by atoms with Crippen molar-refractivity contribution >= 4 is 45.8 Å². The lowest BCUT2D eigenvalue weighted by Crippen LogP contribution is -2.51. The number of rotatable bonds is 8. The molecule has 0 radical (unpaired) electrons. The fraction of sp³-hybridized carbons (Fsp3) is 0.571. The molecule has 2 heterocycles. The number of nitrogens with zero attached hydrogens (tertiary/aromatic N) is 2. The van der Waals surface area contributed by atoms with E-state index in [1.54, 1.807) is 12.1 Å². The van der Waals surface area contributed by atoms with E-state index in [1.165, 1.54) is 17.7 Å². The van der Waals surface area contributed by atoms with Gasteiger partial charge in [-0.25, -0.2) is 8.42 Å². The molecule has 1 aromatic rings. The Balaban J connectivity index is 0.00000385. The van der Waals surface area contributed by atoms with Gasteiger partial charge in [0, 0.05) is 43.0 Å². The van der Waals surface area contributed by atoms with Gasteiger partial charge in [0.05, 0.1) is 25.7 Å². The van der Waals surface area contributed by atoms with Crippen LogP contribution < -0.4 is 16.0 Å². The topological polar surface area (TPSA) is 146 Å². The smallest absolute Gasteiger partial charge is 0.306 e. The number of amides is 1. The maximum Gasteiger partial charge on any atom is 0.306 e. The Bertz CT molecular complexity index is 964. The number of anilines is 1. The summed E-state index contributed by atoms with van der Waals surface area (Å²) < 4.78 is 31.2. The minimum absolute atomic E-state index is 0. The normalized spacial score (nSPS) is 21.4. The quantitative estimate of drug-likeness (QED) is 0.270. The number of hydrogen-bond donors (Lipinski definition) is 3. The van der Waals surface area contributed by atoms with Gasteiger partial charge in [0.1, 0.15) is 5.84 Å². The van der Waals surface area contributed by atoms with Crippen LogP contribution in [0.5, 0.6) is 0 Å². The largest absolute Gasteiger partial charge is 0.469 e. The highest BCUT2D eigenvalue weighted by Gasteiger charge is 2.38. The maximum absolute atomic E-state index is 12.6. The van der Waals surface area contributed by atoms with Crippen molar-refractivity contribution in [1.82, 2.24) is 9.62 Å². The number of hydrogen-bond acceptors (Lipinski definition) is 7. The molecule has 1 aromatic carbocycles. The van der Waals surface area contributed by atoms with Gasteiger partial charge in [0.2, 0.25) is 15.9 Å². The van der Waals surface area contributed by atoms with Gasteiger partial charge in [-0.2, -0.15) is 4.31 Å². The number of methoxy groups -OCH3 is 1. The molecule has 2 aliphatic heterocycles. The molecule has 0 spiro atoms. The number of ether oxygens (including phenoxy) is 1. The van der Waals surface area contributed by atoms with Crippen LogP contribution in [0, 0.1) is 11.3 Å². The van der Waals surface area contributed by atoms with Crippen LogP contribution in [0.4, 0.5) is 5.69 Å². The molecule has 0 saturated carbocycles. The predicted octanol–water partition coefficient (Wildman–Crippen LogP) is 0.691. The zero-order valence-corrected chi connectivity index (χ0v) is 20.5. The third-order valence-electron chi connectivity index (χ3n) is 6.17. The van der Waals surface area contributed by atoms with E-state index in [4.69, 9.17) is 11.1 Å². The second kappa shape index (κ2) is 11.2. The van der Waals surface area contributed by atoms with Crippen LogP contribution in [0.1, 0.15) is 31.2 Å². The number of carbonyl (C=O) groups is 2. The first-order valence-electron chi connectivity index (χ1n) is 10.6. The molecule has 0 unspecified atom stereocenters. The lowest BCUT2D eigenvalue weighted by Gasteiger charge is -2.39. The van der Waals surface area contributed by atoms with Crippen molar-refractivity contribution in [3.05, 3.63) is 29.8 Å². The SMILES string of the molecule is COC(=O)C[C@@H]1C[C@@H](CN(C2CCN(c3ccc(C(=N)N)cc3)CC2)S(C)(=O)=O)NC1=O.Cl. The molecule has 2 aliphatic rings. The van der Waals surface area contributed by atoms with E-state index < -0.39 is 21.9 Å². The number of nitrogen functional groups attached to an aromatic ring is 1. The van der Waals surface area contributed by atoms with Crippen LogP contribution >= 0.6 is 12.4 Å². The van der Waals surface area contributed by atoms with Crippen LogP contribution in [-0.4, -0.2) is 75.5 Å². The van der Waals surface area contributed by atoms with Gasteiger partial charge in [0.25, 0.3) is 0 Å². The molecule has 1 amide bonds. The van der Waals surface area contributed by atoms with Crippen LogP contribution in [0.2, 0.25) is 0 Å². The van der Waals surface area contributed by atoms with Crippen molar-refractivity contribution in [2.24, 2.45) is 11.7 Å². The number of benzene rings is 1. The summed E-state index contributed by atoms with van der Waals surface area (Å²) >= 11 is 0. The fourth-order valence-electron chi connectivity index (χ4n) is 4.45. The zero-order chi connectivity index (χ0) is 23.5.